The van der Waals surface area contributed by atoms with E-state index < -0.39 is 0 Å². The number of aryl methyl sites for hydroxylation is 1. The molecule has 0 aromatic carbocycles. The third-order valence-electron chi connectivity index (χ3n) is 7.31. The predicted molar refractivity (Wildman–Crippen MR) is 146 cm³/mol. The second kappa shape index (κ2) is 12.2. The molecule has 10 heteroatoms. The Hall–Kier alpha value is -2.51. The zero-order valence-corrected chi connectivity index (χ0v) is 22.3. The number of carbonyl (C=O) groups excluding carboxylic acids is 1. The van der Waals surface area contributed by atoms with Gasteiger partial charge in [-0.15, -0.1) is 0 Å². The fraction of sp³-hybridized carbons (Fsp3) is 0.577. The van der Waals surface area contributed by atoms with Gasteiger partial charge in [0.15, 0.2) is 6.73 Å². The summed E-state index contributed by atoms with van der Waals surface area (Å²) in [6.07, 6.45) is 14.1. The van der Waals surface area contributed by atoms with Crippen molar-refractivity contribution in [3.05, 3.63) is 31.0 Å². The number of aromatic nitrogens is 5. The van der Waals surface area contributed by atoms with E-state index in [1.807, 2.05) is 33.9 Å². The minimum Gasteiger partial charge on any atom is -0.444 e. The van der Waals surface area contributed by atoms with E-state index in [1.165, 1.54) is 22.3 Å². The molecule has 1 saturated carbocycles. The van der Waals surface area contributed by atoms with E-state index in [9.17, 15) is 10.1 Å². The molecule has 1 aliphatic heterocycles. The quantitative estimate of drug-likeness (QED) is 0.213. The summed E-state index contributed by atoms with van der Waals surface area (Å²) in [5, 5.41) is 16.1. The van der Waals surface area contributed by atoms with Gasteiger partial charge in [-0.05, 0) is 55.6 Å². The Bertz CT molecular complexity index is 1210. The molecular weight excluding hydrogens is 492 g/mol. The molecule has 0 radical (unpaired) electrons. The number of unbranched alkanes of at least 4 members (excludes halogenated alkanes) is 1. The first-order chi connectivity index (χ1) is 17.7. The highest BCUT2D eigenvalue weighted by Gasteiger charge is 2.26. The Morgan fingerprint density at radius 1 is 1.31 bits per heavy atom. The first-order valence-corrected chi connectivity index (χ1v) is 15.9. The van der Waals surface area contributed by atoms with E-state index in [2.05, 4.69) is 32.9 Å². The van der Waals surface area contributed by atoms with Gasteiger partial charge in [-0.1, -0.05) is 6.42 Å². The van der Waals surface area contributed by atoms with E-state index in [0.717, 1.165) is 67.4 Å². The summed E-state index contributed by atoms with van der Waals surface area (Å²) in [4.78, 5) is 21.2. The molecule has 192 valence electrons. The Labute approximate surface area is 219 Å². The van der Waals surface area contributed by atoms with Gasteiger partial charge in [0.2, 0.25) is 0 Å². The Morgan fingerprint density at radius 2 is 2.25 bits per heavy atom. The number of nitrogens with zero attached hydrogens (tertiary/aromatic N) is 6. The largest absolute Gasteiger partial charge is 0.444 e. The average Bonchev–Trinajstić information content (AvgIpc) is 3.71. The van der Waals surface area contributed by atoms with Crippen molar-refractivity contribution in [3.8, 4) is 17.3 Å². The van der Waals surface area contributed by atoms with Gasteiger partial charge in [-0.25, -0.2) is 20.9 Å². The van der Waals surface area contributed by atoms with Crippen LogP contribution in [-0.4, -0.2) is 52.6 Å². The standard InChI is InChI=1S/C26H34N6O2S2/c27-14-21-5-3-4-20(21)7-10-32-16-22(15-30-32)25-23-8-9-31(26(23)29-17-28-25)18-34-24(33)6-1-2-12-36-13-11-35-19-36/h8-9,15-17,20-21,36H,1-7,10-13,18-19H2/t20?,21-/m1/s1. The van der Waals surface area contributed by atoms with Crippen LogP contribution in [0.5, 0.6) is 0 Å². The van der Waals surface area contributed by atoms with Crippen LogP contribution in [0.2, 0.25) is 0 Å². The lowest BCUT2D eigenvalue weighted by Gasteiger charge is -2.12. The molecule has 1 aliphatic carbocycles. The van der Waals surface area contributed by atoms with Crippen LogP contribution < -0.4 is 0 Å². The second-order valence-corrected chi connectivity index (χ2v) is 13.8. The molecule has 5 rings (SSSR count). The lowest BCUT2D eigenvalue weighted by molar-refractivity contribution is -0.147. The van der Waals surface area contributed by atoms with Crippen LogP contribution >= 0.6 is 22.7 Å². The molecule has 2 fully saturated rings. The van der Waals surface area contributed by atoms with Crippen LogP contribution in [0, 0.1) is 23.2 Å². The van der Waals surface area contributed by atoms with Crippen molar-refractivity contribution in [2.24, 2.45) is 11.8 Å². The van der Waals surface area contributed by atoms with Gasteiger partial charge in [0.1, 0.15) is 12.0 Å². The zero-order chi connectivity index (χ0) is 24.7. The number of thioether (sulfide) groups is 1. The number of rotatable bonds is 11. The first kappa shape index (κ1) is 25.2. The molecule has 3 atom stereocenters. The minimum atomic E-state index is -0.151. The van der Waals surface area contributed by atoms with E-state index >= 15 is 0 Å². The van der Waals surface area contributed by atoms with Crippen molar-refractivity contribution in [1.29, 1.82) is 5.26 Å². The molecule has 2 unspecified atom stereocenters. The van der Waals surface area contributed by atoms with E-state index in [0.29, 0.717) is 12.3 Å². The fourth-order valence-corrected chi connectivity index (χ4v) is 10.3. The van der Waals surface area contributed by atoms with Crippen molar-refractivity contribution in [1.82, 2.24) is 24.3 Å². The van der Waals surface area contributed by atoms with E-state index in [4.69, 9.17) is 4.74 Å². The van der Waals surface area contributed by atoms with Crippen LogP contribution in [-0.2, 0) is 22.8 Å². The smallest absolute Gasteiger partial charge is 0.307 e. The topological polar surface area (TPSA) is 98.6 Å². The lowest BCUT2D eigenvalue weighted by Crippen LogP contribution is -2.10. The Kier molecular flexibility index (Phi) is 8.49. The van der Waals surface area contributed by atoms with Gasteiger partial charge in [-0.2, -0.15) is 22.1 Å². The molecule has 1 saturated heterocycles. The van der Waals surface area contributed by atoms with Crippen LogP contribution in [0.3, 0.4) is 0 Å². The van der Waals surface area contributed by atoms with Crippen LogP contribution in [0.1, 0.15) is 44.9 Å². The second-order valence-electron chi connectivity index (χ2n) is 9.71. The molecule has 0 spiro atoms. The van der Waals surface area contributed by atoms with Crippen LogP contribution in [0.25, 0.3) is 22.3 Å². The molecule has 36 heavy (non-hydrogen) atoms. The maximum Gasteiger partial charge on any atom is 0.307 e. The van der Waals surface area contributed by atoms with E-state index in [-0.39, 0.29) is 29.5 Å². The highest BCUT2D eigenvalue weighted by molar-refractivity contribution is 8.29. The number of nitriles is 1. The molecule has 0 amide bonds. The third kappa shape index (κ3) is 6.06. The number of ether oxygens (including phenoxy) is 1. The maximum atomic E-state index is 12.3. The monoisotopic (exact) mass is 526 g/mol. The average molecular weight is 527 g/mol. The van der Waals surface area contributed by atoms with E-state index in [1.54, 1.807) is 6.33 Å². The fourth-order valence-electron chi connectivity index (χ4n) is 5.24. The van der Waals surface area contributed by atoms with Gasteiger partial charge < -0.3 is 4.74 Å². The van der Waals surface area contributed by atoms with Crippen molar-refractivity contribution < 1.29 is 9.53 Å². The van der Waals surface area contributed by atoms with Crippen LogP contribution in [0.4, 0.5) is 0 Å². The number of hydrogen-bond acceptors (Lipinski definition) is 7. The zero-order valence-electron chi connectivity index (χ0n) is 20.6. The summed E-state index contributed by atoms with van der Waals surface area (Å²) in [7, 11) is 0.213. The molecule has 4 heterocycles. The normalized spacial score (nSPS) is 22.7. The highest BCUT2D eigenvalue weighted by Crippen LogP contribution is 2.38. The molecule has 0 bridgehead atoms. The number of hydrogen-bond donors (Lipinski definition) is 1. The molecule has 8 nitrogen and oxygen atoms in total. The van der Waals surface area contributed by atoms with Crippen molar-refractivity contribution >= 4 is 39.7 Å². The molecule has 2 aliphatic rings. The number of thiol groups is 1. The molecule has 0 N–H and O–H groups in total. The number of carbonyl (C=O) groups is 1. The minimum absolute atomic E-state index is 0.151. The molecule has 3 aromatic rings. The molecule has 3 aromatic heterocycles. The number of fused-ring (bicyclic) bond motifs is 1. The van der Waals surface area contributed by atoms with Gasteiger partial charge in [0.05, 0.1) is 18.0 Å². The van der Waals surface area contributed by atoms with Crippen LogP contribution in [0.15, 0.2) is 31.0 Å². The first-order valence-electron chi connectivity index (χ1n) is 12.9. The summed E-state index contributed by atoms with van der Waals surface area (Å²) in [5.41, 5.74) is 2.49. The van der Waals surface area contributed by atoms with Crippen molar-refractivity contribution in [2.75, 3.05) is 22.3 Å². The van der Waals surface area contributed by atoms with Crippen molar-refractivity contribution in [2.45, 2.75) is 58.2 Å². The van der Waals surface area contributed by atoms with Gasteiger partial charge in [-0.3, -0.25) is 14.0 Å². The summed E-state index contributed by atoms with van der Waals surface area (Å²) in [5.74, 6) is 4.50. The number of esters is 1. The van der Waals surface area contributed by atoms with Gasteiger partial charge >= 0.3 is 5.97 Å². The highest BCUT2D eigenvalue weighted by atomic mass is 32.2. The van der Waals surface area contributed by atoms with Crippen molar-refractivity contribution in [3.63, 3.8) is 0 Å². The van der Waals surface area contributed by atoms with Gasteiger partial charge in [0, 0.05) is 53.1 Å². The lowest BCUT2D eigenvalue weighted by atomic mass is 9.94. The Balaban J connectivity index is 1.15. The summed E-state index contributed by atoms with van der Waals surface area (Å²) in [6.45, 7) is 0.956. The third-order valence-corrected chi connectivity index (χ3v) is 12.1. The maximum absolute atomic E-state index is 12.3. The van der Waals surface area contributed by atoms with Gasteiger partial charge in [0.25, 0.3) is 0 Å². The summed E-state index contributed by atoms with van der Waals surface area (Å²) < 4.78 is 9.34. The SMILES string of the molecule is N#C[C@H]1CCCC1CCn1cc(-c2ncnc3c2ccn3COC(=O)CCCC[SH]2CCSC2)cn1. The predicted octanol–water partition coefficient (Wildman–Crippen LogP) is 5.00. The summed E-state index contributed by atoms with van der Waals surface area (Å²) in [6, 6.07) is 4.43. The Morgan fingerprint density at radius 3 is 3.11 bits per heavy atom. The summed E-state index contributed by atoms with van der Waals surface area (Å²) >= 11 is 2.07. The molecular formula is C26H34N6O2S2.